The molecule has 1 atom stereocenters. The van der Waals surface area contributed by atoms with Crippen LogP contribution in [-0.4, -0.2) is 29.6 Å². The maximum absolute atomic E-state index is 12.5. The maximum atomic E-state index is 12.5. The normalized spacial score (nSPS) is 12.2. The molecule has 4 N–H and O–H groups in total. The predicted octanol–water partition coefficient (Wildman–Crippen LogP) is 5.76. The van der Waals surface area contributed by atoms with Gasteiger partial charge in [0.05, 0.1) is 30.1 Å². The van der Waals surface area contributed by atoms with Crippen molar-refractivity contribution in [3.63, 3.8) is 0 Å². The third kappa shape index (κ3) is 6.10. The Balaban J connectivity index is 1.85. The third-order valence-electron chi connectivity index (χ3n) is 6.33. The van der Waals surface area contributed by atoms with E-state index >= 15 is 0 Å². The number of nitrogens with two attached hydrogens (primary N) is 1. The Labute approximate surface area is 227 Å². The van der Waals surface area contributed by atoms with E-state index in [1.54, 1.807) is 49.5 Å². The zero-order valence-electron chi connectivity index (χ0n) is 22.1. The van der Waals surface area contributed by atoms with E-state index in [1.807, 2.05) is 54.6 Å². The number of anilines is 1. The smallest absolute Gasteiger partial charge is 0.337 e. The molecule has 0 fully saturated rings. The van der Waals surface area contributed by atoms with Gasteiger partial charge in [0.25, 0.3) is 0 Å². The zero-order valence-corrected chi connectivity index (χ0v) is 22.1. The number of pyridine rings is 1. The average molecular weight is 519 g/mol. The molecule has 7 nitrogen and oxygen atoms in total. The van der Waals surface area contributed by atoms with Crippen molar-refractivity contribution in [1.82, 2.24) is 4.98 Å². The topological polar surface area (TPSA) is 118 Å². The number of carbonyl (C=O) groups is 2. The van der Waals surface area contributed by atoms with Crippen molar-refractivity contribution >= 4 is 28.7 Å². The highest BCUT2D eigenvalue weighted by molar-refractivity contribution is 6.21. The lowest BCUT2D eigenvalue weighted by Gasteiger charge is -2.23. The van der Waals surface area contributed by atoms with Gasteiger partial charge in [0.2, 0.25) is 0 Å². The first-order chi connectivity index (χ1) is 18.8. The van der Waals surface area contributed by atoms with E-state index in [9.17, 15) is 9.59 Å². The lowest BCUT2D eigenvalue weighted by Crippen LogP contribution is -2.17. The first-order valence-corrected chi connectivity index (χ1v) is 12.4. The standard InChI is InChI=1S/C32H30N4O3/c1-20(33)29(21(2)37)25-16-17-26(30(34)22-12-14-24(15-13-22)32(38)39-3)28(19-25)36-31(23-9-5-4-6-10-23)27-11-7-8-18-35-27/h4-19,31,34,36H,33H2,1-3H3. The highest BCUT2D eigenvalue weighted by Gasteiger charge is 2.21. The van der Waals surface area contributed by atoms with Crippen LogP contribution in [0, 0.1) is 5.41 Å². The summed E-state index contributed by atoms with van der Waals surface area (Å²) in [7, 11) is 1.33. The lowest BCUT2D eigenvalue weighted by atomic mass is 9.93. The summed E-state index contributed by atoms with van der Waals surface area (Å²) >= 11 is 0. The van der Waals surface area contributed by atoms with Gasteiger partial charge in [-0.05, 0) is 55.3 Å². The fraction of sp³-hybridized carbons (Fsp3) is 0.125. The van der Waals surface area contributed by atoms with E-state index in [-0.39, 0.29) is 17.5 Å². The minimum atomic E-state index is -0.443. The summed E-state index contributed by atoms with van der Waals surface area (Å²) in [5.41, 5.74) is 11.9. The molecule has 1 heterocycles. The number of nitrogens with zero attached hydrogens (tertiary/aromatic N) is 1. The molecule has 4 aromatic rings. The molecule has 0 radical (unpaired) electrons. The van der Waals surface area contributed by atoms with E-state index in [0.29, 0.717) is 39.2 Å². The van der Waals surface area contributed by atoms with Crippen LogP contribution in [0.2, 0.25) is 0 Å². The molecule has 39 heavy (non-hydrogen) atoms. The molecule has 1 aromatic heterocycles. The first-order valence-electron chi connectivity index (χ1n) is 12.4. The molecule has 0 aliphatic rings. The van der Waals surface area contributed by atoms with Crippen LogP contribution >= 0.6 is 0 Å². The van der Waals surface area contributed by atoms with Gasteiger partial charge >= 0.3 is 5.97 Å². The fourth-order valence-electron chi connectivity index (χ4n) is 4.47. The van der Waals surface area contributed by atoms with Crippen LogP contribution in [0.4, 0.5) is 5.69 Å². The van der Waals surface area contributed by atoms with E-state index in [2.05, 4.69) is 10.3 Å². The number of rotatable bonds is 9. The summed E-state index contributed by atoms with van der Waals surface area (Å²) in [6.07, 6.45) is 1.74. The number of allylic oxidation sites excluding steroid dienone is 2. The molecule has 0 spiro atoms. The Bertz CT molecular complexity index is 1490. The number of benzene rings is 3. The van der Waals surface area contributed by atoms with E-state index in [1.165, 1.54) is 14.0 Å². The second kappa shape index (κ2) is 12.0. The molecule has 0 amide bonds. The predicted molar refractivity (Wildman–Crippen MR) is 154 cm³/mol. The molecule has 0 saturated heterocycles. The molecule has 1 unspecified atom stereocenters. The molecular weight excluding hydrogens is 488 g/mol. The van der Waals surface area contributed by atoms with E-state index < -0.39 is 5.97 Å². The molecule has 3 aromatic carbocycles. The van der Waals surface area contributed by atoms with Crippen molar-refractivity contribution in [2.24, 2.45) is 5.73 Å². The minimum absolute atomic E-state index is 0.147. The fourth-order valence-corrected chi connectivity index (χ4v) is 4.47. The van der Waals surface area contributed by atoms with Crippen molar-refractivity contribution in [2.75, 3.05) is 12.4 Å². The quantitative estimate of drug-likeness (QED) is 0.147. The number of hydrogen-bond acceptors (Lipinski definition) is 7. The Morgan fingerprint density at radius 3 is 2.10 bits per heavy atom. The van der Waals surface area contributed by atoms with Crippen molar-refractivity contribution in [3.05, 3.63) is 136 Å². The molecule has 4 rings (SSSR count). The monoisotopic (exact) mass is 518 g/mol. The van der Waals surface area contributed by atoms with Gasteiger partial charge in [0.1, 0.15) is 0 Å². The van der Waals surface area contributed by atoms with Crippen LogP contribution in [0.3, 0.4) is 0 Å². The zero-order chi connectivity index (χ0) is 27.9. The third-order valence-corrected chi connectivity index (χ3v) is 6.33. The largest absolute Gasteiger partial charge is 0.465 e. The van der Waals surface area contributed by atoms with E-state index in [0.717, 1.165) is 11.3 Å². The van der Waals surface area contributed by atoms with Crippen LogP contribution in [0.1, 0.15) is 58.2 Å². The Morgan fingerprint density at radius 2 is 1.51 bits per heavy atom. The van der Waals surface area contributed by atoms with Crippen molar-refractivity contribution < 1.29 is 14.3 Å². The van der Waals surface area contributed by atoms with Crippen molar-refractivity contribution in [3.8, 4) is 0 Å². The van der Waals surface area contributed by atoms with Gasteiger partial charge in [-0.25, -0.2) is 4.79 Å². The van der Waals surface area contributed by atoms with Crippen LogP contribution in [0.5, 0.6) is 0 Å². The molecular formula is C32H30N4O3. The first kappa shape index (κ1) is 27.0. The highest BCUT2D eigenvalue weighted by Crippen LogP contribution is 2.32. The SMILES string of the molecule is COC(=O)c1ccc(C(=N)c2ccc(C(C(C)=O)=C(C)N)cc2NC(c2ccccc2)c2ccccn2)cc1. The minimum Gasteiger partial charge on any atom is -0.465 e. The van der Waals surface area contributed by atoms with Gasteiger partial charge in [-0.15, -0.1) is 0 Å². The highest BCUT2D eigenvalue weighted by atomic mass is 16.5. The summed E-state index contributed by atoms with van der Waals surface area (Å²) in [5.74, 6) is -0.590. The van der Waals surface area contributed by atoms with Gasteiger partial charge in [0, 0.05) is 34.3 Å². The van der Waals surface area contributed by atoms with Gasteiger partial charge in [-0.3, -0.25) is 15.2 Å². The number of nitrogens with one attached hydrogen (secondary N) is 2. The van der Waals surface area contributed by atoms with E-state index in [4.69, 9.17) is 15.9 Å². The number of hydrogen-bond donors (Lipinski definition) is 3. The van der Waals surface area contributed by atoms with Crippen molar-refractivity contribution in [2.45, 2.75) is 19.9 Å². The second-order valence-electron chi connectivity index (χ2n) is 9.06. The molecule has 196 valence electrons. The molecule has 0 aliphatic carbocycles. The Kier molecular flexibility index (Phi) is 8.31. The summed E-state index contributed by atoms with van der Waals surface area (Å²) in [6.45, 7) is 3.18. The average Bonchev–Trinajstić information content (AvgIpc) is 2.96. The number of carbonyl (C=O) groups excluding carboxylic acids is 2. The van der Waals surface area contributed by atoms with Crippen LogP contribution in [0.25, 0.3) is 5.57 Å². The number of esters is 1. The number of ether oxygens (including phenoxy) is 1. The van der Waals surface area contributed by atoms with Gasteiger partial charge in [-0.2, -0.15) is 0 Å². The Morgan fingerprint density at radius 1 is 0.872 bits per heavy atom. The summed E-state index contributed by atoms with van der Waals surface area (Å²) < 4.78 is 4.79. The number of ketones is 1. The Hall–Kier alpha value is -5.04. The number of aromatic nitrogens is 1. The summed E-state index contributed by atoms with van der Waals surface area (Å²) in [5, 5.41) is 12.6. The summed E-state index contributed by atoms with van der Waals surface area (Å²) in [4.78, 5) is 28.9. The molecule has 0 bridgehead atoms. The van der Waals surface area contributed by atoms with Crippen LogP contribution in [-0.2, 0) is 9.53 Å². The number of methoxy groups -OCH3 is 1. The molecule has 0 aliphatic heterocycles. The second-order valence-corrected chi connectivity index (χ2v) is 9.06. The molecule has 7 heteroatoms. The van der Waals surface area contributed by atoms with Crippen LogP contribution < -0.4 is 11.1 Å². The van der Waals surface area contributed by atoms with Gasteiger partial charge in [0.15, 0.2) is 5.78 Å². The number of Topliss-reactive ketones (excluding diaryl/α,β-unsaturated/α-hetero) is 1. The van der Waals surface area contributed by atoms with Gasteiger partial charge in [-0.1, -0.05) is 60.7 Å². The van der Waals surface area contributed by atoms with Crippen molar-refractivity contribution in [1.29, 1.82) is 5.41 Å². The molecule has 0 saturated carbocycles. The maximum Gasteiger partial charge on any atom is 0.337 e. The van der Waals surface area contributed by atoms with Crippen LogP contribution in [0.15, 0.2) is 103 Å². The summed E-state index contributed by atoms with van der Waals surface area (Å²) in [6, 6.07) is 27.4. The van der Waals surface area contributed by atoms with Gasteiger partial charge < -0.3 is 15.8 Å². The lowest BCUT2D eigenvalue weighted by molar-refractivity contribution is -0.111.